The summed E-state index contributed by atoms with van der Waals surface area (Å²) in [4.78, 5) is 21.9. The maximum atomic E-state index is 12.5. The first-order valence-corrected chi connectivity index (χ1v) is 11.9. The fourth-order valence-corrected chi connectivity index (χ4v) is 6.03. The molecular formula is C20H27N5OS2. The van der Waals surface area contributed by atoms with E-state index in [0.717, 1.165) is 47.4 Å². The van der Waals surface area contributed by atoms with Crippen LogP contribution in [0, 0.1) is 0 Å². The zero-order valence-corrected chi connectivity index (χ0v) is 18.6. The number of aryl methyl sites for hydroxylation is 2. The molecule has 3 aromatic heterocycles. The predicted octanol–water partition coefficient (Wildman–Crippen LogP) is 4.30. The molecule has 3 aromatic rings. The summed E-state index contributed by atoms with van der Waals surface area (Å²) in [5, 5.41) is 11.0. The van der Waals surface area contributed by atoms with Crippen molar-refractivity contribution in [3.8, 4) is 0 Å². The highest BCUT2D eigenvalue weighted by Gasteiger charge is 2.24. The highest BCUT2D eigenvalue weighted by atomic mass is 32.2. The molecular weight excluding hydrogens is 390 g/mol. The number of hydrogen-bond acceptors (Lipinski definition) is 6. The lowest BCUT2D eigenvalue weighted by atomic mass is 9.97. The molecule has 1 aliphatic rings. The molecule has 8 heteroatoms. The number of carbonyl (C=O) groups is 1. The van der Waals surface area contributed by atoms with Crippen molar-refractivity contribution < 1.29 is 4.79 Å². The average Bonchev–Trinajstić information content (AvgIpc) is 3.27. The van der Waals surface area contributed by atoms with Crippen LogP contribution in [0.1, 0.15) is 62.7 Å². The van der Waals surface area contributed by atoms with Gasteiger partial charge in [-0.05, 0) is 45.1 Å². The van der Waals surface area contributed by atoms with E-state index >= 15 is 0 Å². The summed E-state index contributed by atoms with van der Waals surface area (Å²) in [6.07, 6.45) is 4.73. The van der Waals surface area contributed by atoms with Crippen molar-refractivity contribution in [1.82, 2.24) is 24.5 Å². The molecule has 0 bridgehead atoms. The van der Waals surface area contributed by atoms with E-state index in [0.29, 0.717) is 5.75 Å². The lowest BCUT2D eigenvalue weighted by Gasteiger charge is -2.18. The summed E-state index contributed by atoms with van der Waals surface area (Å²) in [5.74, 6) is 1.74. The highest BCUT2D eigenvalue weighted by Crippen LogP contribution is 2.39. The molecule has 1 amide bonds. The number of carbonyl (C=O) groups excluding carboxylic acids is 1. The minimum absolute atomic E-state index is 0.139. The van der Waals surface area contributed by atoms with Crippen molar-refractivity contribution in [1.29, 1.82) is 0 Å². The van der Waals surface area contributed by atoms with Crippen molar-refractivity contribution in [3.05, 3.63) is 16.3 Å². The zero-order chi connectivity index (χ0) is 19.8. The van der Waals surface area contributed by atoms with Gasteiger partial charge in [-0.25, -0.2) is 4.98 Å². The smallest absolute Gasteiger partial charge is 0.233 e. The van der Waals surface area contributed by atoms with Crippen LogP contribution in [0.25, 0.3) is 15.9 Å². The Morgan fingerprint density at radius 3 is 2.68 bits per heavy atom. The van der Waals surface area contributed by atoms with E-state index in [4.69, 9.17) is 4.98 Å². The molecule has 3 heterocycles. The van der Waals surface area contributed by atoms with Gasteiger partial charge < -0.3 is 4.90 Å². The first kappa shape index (κ1) is 19.6. The van der Waals surface area contributed by atoms with Crippen molar-refractivity contribution in [2.45, 2.75) is 64.5 Å². The number of hydrogen-bond donors (Lipinski definition) is 0. The Kier molecular flexibility index (Phi) is 5.60. The van der Waals surface area contributed by atoms with Crippen LogP contribution in [-0.2, 0) is 17.6 Å². The number of aromatic nitrogens is 4. The summed E-state index contributed by atoms with van der Waals surface area (Å²) in [6, 6.07) is 0. The maximum absolute atomic E-state index is 12.5. The lowest BCUT2D eigenvalue weighted by Crippen LogP contribution is -2.31. The van der Waals surface area contributed by atoms with Gasteiger partial charge in [-0.3, -0.25) is 9.20 Å². The van der Waals surface area contributed by atoms with Gasteiger partial charge in [0.05, 0.1) is 11.1 Å². The van der Waals surface area contributed by atoms with E-state index in [1.54, 1.807) is 0 Å². The van der Waals surface area contributed by atoms with E-state index in [1.165, 1.54) is 40.4 Å². The van der Waals surface area contributed by atoms with Crippen LogP contribution in [0.2, 0.25) is 0 Å². The van der Waals surface area contributed by atoms with Crippen LogP contribution in [0.3, 0.4) is 0 Å². The fourth-order valence-electron chi connectivity index (χ4n) is 3.93. The van der Waals surface area contributed by atoms with Crippen molar-refractivity contribution in [3.63, 3.8) is 0 Å². The van der Waals surface area contributed by atoms with Crippen LogP contribution in [0.4, 0.5) is 0 Å². The van der Waals surface area contributed by atoms with Gasteiger partial charge in [-0.2, -0.15) is 0 Å². The molecule has 0 saturated heterocycles. The Morgan fingerprint density at radius 1 is 1.21 bits per heavy atom. The first-order chi connectivity index (χ1) is 13.5. The van der Waals surface area contributed by atoms with Gasteiger partial charge in [0, 0.05) is 23.9 Å². The second kappa shape index (κ2) is 7.99. The molecule has 0 radical (unpaired) electrons. The SMILES string of the molecule is CCN(CC)C(=O)CSc1nnc2c3c4c(sc3nc(C(C)C)n12)CCCC4. The van der Waals surface area contributed by atoms with E-state index in [-0.39, 0.29) is 11.8 Å². The molecule has 1 aliphatic carbocycles. The van der Waals surface area contributed by atoms with Crippen LogP contribution in [-0.4, -0.2) is 49.2 Å². The minimum atomic E-state index is 0.139. The van der Waals surface area contributed by atoms with Crippen LogP contribution >= 0.6 is 23.1 Å². The topological polar surface area (TPSA) is 63.4 Å². The van der Waals surface area contributed by atoms with Gasteiger partial charge in [0.2, 0.25) is 5.91 Å². The molecule has 0 aromatic carbocycles. The van der Waals surface area contributed by atoms with Crippen LogP contribution in [0.15, 0.2) is 5.16 Å². The van der Waals surface area contributed by atoms with Crippen molar-refractivity contribution in [2.75, 3.05) is 18.8 Å². The summed E-state index contributed by atoms with van der Waals surface area (Å²) in [5.41, 5.74) is 2.33. The third-order valence-electron chi connectivity index (χ3n) is 5.41. The maximum Gasteiger partial charge on any atom is 0.233 e. The second-order valence-corrected chi connectivity index (χ2v) is 9.54. The third-order valence-corrected chi connectivity index (χ3v) is 7.51. The van der Waals surface area contributed by atoms with E-state index < -0.39 is 0 Å². The fraction of sp³-hybridized carbons (Fsp3) is 0.600. The molecule has 0 N–H and O–H groups in total. The Morgan fingerprint density at radius 2 is 1.96 bits per heavy atom. The van der Waals surface area contributed by atoms with Crippen LogP contribution in [0.5, 0.6) is 0 Å². The van der Waals surface area contributed by atoms with Gasteiger partial charge in [-0.1, -0.05) is 25.6 Å². The third kappa shape index (κ3) is 3.30. The van der Waals surface area contributed by atoms with E-state index in [9.17, 15) is 4.79 Å². The highest BCUT2D eigenvalue weighted by molar-refractivity contribution is 7.99. The molecule has 0 fully saturated rings. The van der Waals surface area contributed by atoms with E-state index in [2.05, 4.69) is 28.4 Å². The van der Waals surface area contributed by atoms with Crippen molar-refractivity contribution in [2.24, 2.45) is 0 Å². The van der Waals surface area contributed by atoms with Crippen molar-refractivity contribution >= 4 is 44.9 Å². The number of nitrogens with zero attached hydrogens (tertiary/aromatic N) is 5. The average molecular weight is 418 g/mol. The monoisotopic (exact) mass is 417 g/mol. The number of fused-ring (bicyclic) bond motifs is 5. The molecule has 6 nitrogen and oxygen atoms in total. The molecule has 0 aliphatic heterocycles. The molecule has 150 valence electrons. The number of thioether (sulfide) groups is 1. The molecule has 0 spiro atoms. The van der Waals surface area contributed by atoms with Gasteiger partial charge in [0.25, 0.3) is 0 Å². The summed E-state index contributed by atoms with van der Waals surface area (Å²) >= 11 is 3.29. The van der Waals surface area contributed by atoms with Gasteiger partial charge in [0.1, 0.15) is 10.7 Å². The summed E-state index contributed by atoms with van der Waals surface area (Å²) in [6.45, 7) is 9.78. The molecule has 28 heavy (non-hydrogen) atoms. The van der Waals surface area contributed by atoms with Gasteiger partial charge >= 0.3 is 0 Å². The molecule has 0 atom stereocenters. The summed E-state index contributed by atoms with van der Waals surface area (Å²) in [7, 11) is 0. The second-order valence-electron chi connectivity index (χ2n) is 7.51. The van der Waals surface area contributed by atoms with E-state index in [1.807, 2.05) is 30.1 Å². The van der Waals surface area contributed by atoms with Crippen LogP contribution < -0.4 is 0 Å². The number of thiophene rings is 1. The number of rotatable bonds is 6. The normalized spacial score (nSPS) is 14.2. The molecule has 4 rings (SSSR count). The summed E-state index contributed by atoms with van der Waals surface area (Å²) < 4.78 is 2.09. The molecule has 0 unspecified atom stereocenters. The Bertz CT molecular complexity index is 1020. The molecule has 0 saturated carbocycles. The lowest BCUT2D eigenvalue weighted by molar-refractivity contribution is -0.127. The minimum Gasteiger partial charge on any atom is -0.343 e. The Labute approximate surface area is 173 Å². The quantitative estimate of drug-likeness (QED) is 0.560. The zero-order valence-electron chi connectivity index (χ0n) is 17.0. The van der Waals surface area contributed by atoms with Gasteiger partial charge in [0.15, 0.2) is 10.8 Å². The van der Waals surface area contributed by atoms with Gasteiger partial charge in [-0.15, -0.1) is 21.5 Å². The number of amides is 1. The Balaban J connectivity index is 1.79. The predicted molar refractivity (Wildman–Crippen MR) is 116 cm³/mol. The standard InChI is InChI=1S/C20H27N5OS2/c1-5-24(6-2)15(26)11-27-20-23-22-18-16-13-9-7-8-10-14(13)28-19(16)21-17(12(3)4)25(18)20/h12H,5-11H2,1-4H3. The Hall–Kier alpha value is -1.67. The largest absolute Gasteiger partial charge is 0.343 e. The first-order valence-electron chi connectivity index (χ1n) is 10.1.